The van der Waals surface area contributed by atoms with E-state index in [9.17, 15) is 9.18 Å². The van der Waals surface area contributed by atoms with E-state index in [4.69, 9.17) is 4.74 Å². The van der Waals surface area contributed by atoms with Crippen molar-refractivity contribution < 1.29 is 13.9 Å². The van der Waals surface area contributed by atoms with Gasteiger partial charge in [-0.1, -0.05) is 18.2 Å². The number of anilines is 1. The van der Waals surface area contributed by atoms with Gasteiger partial charge in [-0.2, -0.15) is 11.8 Å². The van der Waals surface area contributed by atoms with Crippen LogP contribution in [0.5, 0.6) is 0 Å². The van der Waals surface area contributed by atoms with Crippen LogP contribution >= 0.6 is 23.1 Å². The quantitative estimate of drug-likeness (QED) is 0.555. The molecule has 1 N–H and O–H groups in total. The number of nitrogens with one attached hydrogen (secondary N) is 1. The van der Waals surface area contributed by atoms with E-state index in [1.54, 1.807) is 13.2 Å². The van der Waals surface area contributed by atoms with Gasteiger partial charge in [0.15, 0.2) is 0 Å². The van der Waals surface area contributed by atoms with Crippen molar-refractivity contribution in [1.82, 2.24) is 4.90 Å². The lowest BCUT2D eigenvalue weighted by Gasteiger charge is -2.26. The van der Waals surface area contributed by atoms with E-state index in [0.717, 1.165) is 23.4 Å². The molecule has 30 heavy (non-hydrogen) atoms. The van der Waals surface area contributed by atoms with Gasteiger partial charge in [0.25, 0.3) is 5.91 Å². The summed E-state index contributed by atoms with van der Waals surface area (Å²) in [5.41, 5.74) is 2.60. The van der Waals surface area contributed by atoms with Crippen LogP contribution in [0.1, 0.15) is 20.8 Å². The maximum Gasteiger partial charge on any atom is 0.266 e. The molecular weight excluding hydrogens is 419 g/mol. The van der Waals surface area contributed by atoms with Crippen molar-refractivity contribution in [3.05, 3.63) is 64.3 Å². The molecule has 1 fully saturated rings. The van der Waals surface area contributed by atoms with Gasteiger partial charge in [-0.25, -0.2) is 4.39 Å². The molecule has 0 radical (unpaired) electrons. The molecule has 3 aromatic rings. The van der Waals surface area contributed by atoms with E-state index in [1.165, 1.54) is 47.6 Å². The molecule has 0 bridgehead atoms. The van der Waals surface area contributed by atoms with Crippen LogP contribution in [-0.4, -0.2) is 49.1 Å². The minimum Gasteiger partial charge on any atom is -0.380 e. The summed E-state index contributed by atoms with van der Waals surface area (Å²) in [4.78, 5) is 15.9. The molecule has 0 aliphatic carbocycles. The van der Waals surface area contributed by atoms with E-state index in [1.807, 2.05) is 30.0 Å². The molecule has 4 nitrogen and oxygen atoms in total. The van der Waals surface area contributed by atoms with Crippen LogP contribution in [0, 0.1) is 5.82 Å². The topological polar surface area (TPSA) is 41.6 Å². The van der Waals surface area contributed by atoms with Crippen LogP contribution in [0.4, 0.5) is 10.1 Å². The first kappa shape index (κ1) is 21.3. The number of fused-ring (bicyclic) bond motifs is 1. The second-order valence-electron chi connectivity index (χ2n) is 7.31. The van der Waals surface area contributed by atoms with Crippen LogP contribution in [0.25, 0.3) is 10.1 Å². The van der Waals surface area contributed by atoms with Gasteiger partial charge in [0.1, 0.15) is 5.82 Å². The smallest absolute Gasteiger partial charge is 0.266 e. The molecule has 4 rings (SSSR count). The van der Waals surface area contributed by atoms with Crippen LogP contribution < -0.4 is 5.32 Å². The molecule has 1 saturated heterocycles. The molecule has 1 aliphatic heterocycles. The van der Waals surface area contributed by atoms with E-state index in [-0.39, 0.29) is 18.3 Å². The highest BCUT2D eigenvalue weighted by Gasteiger charge is 2.21. The normalized spacial score (nSPS) is 14.9. The fourth-order valence-electron chi connectivity index (χ4n) is 3.69. The van der Waals surface area contributed by atoms with Gasteiger partial charge >= 0.3 is 0 Å². The second-order valence-corrected chi connectivity index (χ2v) is 9.59. The number of thioether (sulfide) groups is 1. The Morgan fingerprint density at radius 3 is 2.67 bits per heavy atom. The zero-order valence-corrected chi connectivity index (χ0v) is 18.6. The average Bonchev–Trinajstić information content (AvgIpc) is 3.14. The van der Waals surface area contributed by atoms with Crippen molar-refractivity contribution in [3.8, 4) is 0 Å². The molecule has 0 spiro atoms. The minimum absolute atomic E-state index is 0.192. The van der Waals surface area contributed by atoms with Gasteiger partial charge in [0, 0.05) is 59.6 Å². The first-order valence-corrected chi connectivity index (χ1v) is 12.0. The number of rotatable bonds is 7. The molecule has 2 aromatic carbocycles. The third kappa shape index (κ3) is 4.86. The molecule has 1 aliphatic rings. The summed E-state index contributed by atoms with van der Waals surface area (Å²) in [6, 6.07) is 12.9. The molecule has 0 saturated carbocycles. The third-order valence-corrected chi connectivity index (χ3v) is 7.43. The molecule has 0 atom stereocenters. The van der Waals surface area contributed by atoms with Crippen LogP contribution in [0.3, 0.4) is 0 Å². The molecule has 2 heterocycles. The third-order valence-electron chi connectivity index (χ3n) is 5.29. The standard InChI is InChI=1S/C23H25FN2O2S2/c1-28-15-18-21-19(24)3-2-4-20(21)30-22(18)23(27)25-17-7-5-16(6-8-17)9-10-26-11-13-29-14-12-26/h2-8H,9-15H2,1H3,(H,25,27). The lowest BCUT2D eigenvalue weighted by molar-refractivity contribution is 0.102. The number of ether oxygens (including phenoxy) is 1. The number of benzene rings is 2. The summed E-state index contributed by atoms with van der Waals surface area (Å²) in [5.74, 6) is 1.88. The fraction of sp³-hybridized carbons (Fsp3) is 0.348. The summed E-state index contributed by atoms with van der Waals surface area (Å²) in [6.07, 6.45) is 1.01. The Kier molecular flexibility index (Phi) is 7.04. The largest absolute Gasteiger partial charge is 0.380 e. The first-order valence-electron chi connectivity index (χ1n) is 10.0. The van der Waals surface area contributed by atoms with Crippen molar-refractivity contribution in [2.24, 2.45) is 0 Å². The van der Waals surface area contributed by atoms with Gasteiger partial charge in [0.05, 0.1) is 11.5 Å². The summed E-state index contributed by atoms with van der Waals surface area (Å²) in [5, 5.41) is 3.42. The average molecular weight is 445 g/mol. The highest BCUT2D eigenvalue weighted by molar-refractivity contribution is 7.99. The Hall–Kier alpha value is -1.93. The lowest BCUT2D eigenvalue weighted by atomic mass is 10.1. The van der Waals surface area contributed by atoms with Gasteiger partial charge < -0.3 is 15.0 Å². The van der Waals surface area contributed by atoms with Crippen LogP contribution in [-0.2, 0) is 17.8 Å². The van der Waals surface area contributed by atoms with E-state index in [0.29, 0.717) is 15.8 Å². The maximum absolute atomic E-state index is 14.3. The monoisotopic (exact) mass is 444 g/mol. The van der Waals surface area contributed by atoms with Crippen LogP contribution in [0.15, 0.2) is 42.5 Å². The van der Waals surface area contributed by atoms with E-state index < -0.39 is 0 Å². The highest BCUT2D eigenvalue weighted by atomic mass is 32.2. The molecule has 158 valence electrons. The SMILES string of the molecule is COCc1c(C(=O)Nc2ccc(CCN3CCSCC3)cc2)sc2cccc(F)c12. The van der Waals surface area contributed by atoms with Gasteiger partial charge in [-0.15, -0.1) is 11.3 Å². The summed E-state index contributed by atoms with van der Waals surface area (Å²) in [6.45, 7) is 3.59. The zero-order valence-electron chi connectivity index (χ0n) is 16.9. The van der Waals surface area contributed by atoms with E-state index in [2.05, 4.69) is 22.3 Å². The Morgan fingerprint density at radius 2 is 1.93 bits per heavy atom. The first-order chi connectivity index (χ1) is 14.7. The number of thiophene rings is 1. The number of hydrogen-bond donors (Lipinski definition) is 1. The maximum atomic E-state index is 14.3. The second kappa shape index (κ2) is 9.92. The number of hydrogen-bond acceptors (Lipinski definition) is 5. The predicted octanol–water partition coefficient (Wildman–Crippen LogP) is 5.03. The Balaban J connectivity index is 1.45. The fourth-order valence-corrected chi connectivity index (χ4v) is 5.78. The number of halogens is 1. The van der Waals surface area contributed by atoms with Crippen molar-refractivity contribution in [2.75, 3.05) is 43.6 Å². The number of methoxy groups -OCH3 is 1. The molecular formula is C23H25FN2O2S2. The molecule has 1 amide bonds. The zero-order chi connectivity index (χ0) is 20.9. The molecule has 1 aromatic heterocycles. The van der Waals surface area contributed by atoms with Crippen molar-refractivity contribution in [1.29, 1.82) is 0 Å². The Bertz CT molecular complexity index is 1010. The predicted molar refractivity (Wildman–Crippen MR) is 124 cm³/mol. The Labute approximate surface area is 184 Å². The van der Waals surface area contributed by atoms with Crippen molar-refractivity contribution in [3.63, 3.8) is 0 Å². The summed E-state index contributed by atoms with van der Waals surface area (Å²) >= 11 is 3.32. The number of nitrogens with zero attached hydrogens (tertiary/aromatic N) is 1. The lowest BCUT2D eigenvalue weighted by Crippen LogP contribution is -2.34. The van der Waals surface area contributed by atoms with Gasteiger partial charge in [0.2, 0.25) is 0 Å². The number of carbonyl (C=O) groups excluding carboxylic acids is 1. The van der Waals surface area contributed by atoms with Crippen molar-refractivity contribution >= 4 is 44.8 Å². The summed E-state index contributed by atoms with van der Waals surface area (Å²) < 4.78 is 20.3. The summed E-state index contributed by atoms with van der Waals surface area (Å²) in [7, 11) is 1.55. The number of amides is 1. The van der Waals surface area contributed by atoms with Crippen molar-refractivity contribution in [2.45, 2.75) is 13.0 Å². The van der Waals surface area contributed by atoms with Crippen LogP contribution in [0.2, 0.25) is 0 Å². The highest BCUT2D eigenvalue weighted by Crippen LogP contribution is 2.34. The Morgan fingerprint density at radius 1 is 1.17 bits per heavy atom. The molecule has 7 heteroatoms. The van der Waals surface area contributed by atoms with Gasteiger partial charge in [-0.3, -0.25) is 4.79 Å². The molecule has 0 unspecified atom stereocenters. The number of carbonyl (C=O) groups is 1. The minimum atomic E-state index is -0.327. The van der Waals surface area contributed by atoms with E-state index >= 15 is 0 Å². The van der Waals surface area contributed by atoms with Gasteiger partial charge in [-0.05, 0) is 36.2 Å².